The number of hydrogen-bond donors (Lipinski definition) is 1. The first-order valence-corrected chi connectivity index (χ1v) is 8.75. The van der Waals surface area contributed by atoms with Gasteiger partial charge in [-0.3, -0.25) is 4.79 Å². The van der Waals surface area contributed by atoms with Crippen LogP contribution >= 0.6 is 0 Å². The number of fused-ring (bicyclic) bond motifs is 3. The van der Waals surface area contributed by atoms with Crippen LogP contribution in [0.25, 0.3) is 21.8 Å². The molecule has 1 aromatic heterocycles. The van der Waals surface area contributed by atoms with Gasteiger partial charge < -0.3 is 10.3 Å². The van der Waals surface area contributed by atoms with Crippen LogP contribution < -0.4 is 5.73 Å². The van der Waals surface area contributed by atoms with Crippen molar-refractivity contribution >= 4 is 27.7 Å². The average Bonchev–Trinajstić information content (AvgIpc) is 2.95. The second-order valence-electron chi connectivity index (χ2n) is 6.89. The quantitative estimate of drug-likeness (QED) is 0.473. The summed E-state index contributed by atoms with van der Waals surface area (Å²) in [6.07, 6.45) is -4.70. The van der Waals surface area contributed by atoms with Crippen molar-refractivity contribution < 1.29 is 22.4 Å². The second-order valence-corrected chi connectivity index (χ2v) is 6.89. The fourth-order valence-corrected chi connectivity index (χ4v) is 3.66. The first-order chi connectivity index (χ1) is 13.7. The standard InChI is InChI=1S/C22H15F4N2O/c1-12-5-8-15-19(9-12)28(18-4-2-3-16(20(15)18)21(27)29)11-13-6-7-14(23)10-17(13)22(24,25)26/h2-7,9-10H,11H2,1H3,(H2,27,29). The first-order valence-electron chi connectivity index (χ1n) is 8.75. The van der Waals surface area contributed by atoms with Crippen LogP contribution in [-0.2, 0) is 12.7 Å². The lowest BCUT2D eigenvalue weighted by molar-refractivity contribution is -0.138. The van der Waals surface area contributed by atoms with Crippen LogP contribution in [0, 0.1) is 18.8 Å². The number of halogens is 4. The van der Waals surface area contributed by atoms with E-state index in [9.17, 15) is 22.4 Å². The SMILES string of the molecule is Cc1c[c]c2c3c(C(N)=O)cccc3n(Cc3ccc(F)cc3C(F)(F)F)c2c1. The van der Waals surface area contributed by atoms with Gasteiger partial charge >= 0.3 is 6.18 Å². The molecule has 0 aliphatic carbocycles. The number of aryl methyl sites for hydroxylation is 1. The predicted molar refractivity (Wildman–Crippen MR) is 102 cm³/mol. The van der Waals surface area contributed by atoms with E-state index in [-0.39, 0.29) is 17.7 Å². The smallest absolute Gasteiger partial charge is 0.366 e. The van der Waals surface area contributed by atoms with Gasteiger partial charge in [0.2, 0.25) is 5.91 Å². The summed E-state index contributed by atoms with van der Waals surface area (Å²) in [4.78, 5) is 11.9. The molecule has 0 aliphatic rings. The summed E-state index contributed by atoms with van der Waals surface area (Å²) in [5.74, 6) is -1.59. The maximum absolute atomic E-state index is 13.5. The lowest BCUT2D eigenvalue weighted by atomic mass is 10.1. The van der Waals surface area contributed by atoms with Gasteiger partial charge in [0.05, 0.1) is 16.6 Å². The van der Waals surface area contributed by atoms with Gasteiger partial charge in [-0.1, -0.05) is 18.2 Å². The highest BCUT2D eigenvalue weighted by Gasteiger charge is 2.34. The fourth-order valence-electron chi connectivity index (χ4n) is 3.66. The number of carbonyl (C=O) groups is 1. The van der Waals surface area contributed by atoms with E-state index in [1.165, 1.54) is 0 Å². The zero-order valence-electron chi connectivity index (χ0n) is 15.3. The summed E-state index contributed by atoms with van der Waals surface area (Å²) < 4.78 is 55.6. The van der Waals surface area contributed by atoms with Crippen molar-refractivity contribution in [3.8, 4) is 0 Å². The lowest BCUT2D eigenvalue weighted by Crippen LogP contribution is -2.13. The molecule has 4 rings (SSSR count). The molecule has 147 valence electrons. The van der Waals surface area contributed by atoms with Crippen LogP contribution in [0.5, 0.6) is 0 Å². The minimum absolute atomic E-state index is 0.0799. The van der Waals surface area contributed by atoms with Crippen molar-refractivity contribution in [2.75, 3.05) is 0 Å². The number of aromatic nitrogens is 1. The summed E-state index contributed by atoms with van der Waals surface area (Å²) >= 11 is 0. The molecule has 4 aromatic rings. The molecular weight excluding hydrogens is 384 g/mol. The normalized spacial score (nSPS) is 12.0. The van der Waals surface area contributed by atoms with Crippen molar-refractivity contribution in [2.24, 2.45) is 5.73 Å². The first kappa shape index (κ1) is 19.0. The minimum Gasteiger partial charge on any atom is -0.366 e. The zero-order valence-corrected chi connectivity index (χ0v) is 15.3. The molecule has 1 amide bonds. The highest BCUT2D eigenvalue weighted by molar-refractivity contribution is 6.17. The monoisotopic (exact) mass is 399 g/mol. The molecule has 0 spiro atoms. The molecular formula is C22H15F4N2O. The average molecular weight is 399 g/mol. The number of carbonyl (C=O) groups excluding carboxylic acids is 1. The van der Waals surface area contributed by atoms with Gasteiger partial charge in [0, 0.05) is 22.9 Å². The molecule has 0 unspecified atom stereocenters. The summed E-state index contributed by atoms with van der Waals surface area (Å²) in [5.41, 5.74) is 6.69. The van der Waals surface area contributed by atoms with Crippen LogP contribution in [0.2, 0.25) is 0 Å². The van der Waals surface area contributed by atoms with Crippen LogP contribution in [0.1, 0.15) is 27.0 Å². The number of amides is 1. The maximum Gasteiger partial charge on any atom is 0.416 e. The van der Waals surface area contributed by atoms with Gasteiger partial charge in [-0.05, 0) is 54.4 Å². The molecule has 1 heterocycles. The van der Waals surface area contributed by atoms with Gasteiger partial charge in [0.25, 0.3) is 0 Å². The van der Waals surface area contributed by atoms with E-state index < -0.39 is 23.5 Å². The molecule has 0 saturated carbocycles. The minimum atomic E-state index is -4.70. The Morgan fingerprint density at radius 3 is 2.59 bits per heavy atom. The van der Waals surface area contributed by atoms with Gasteiger partial charge in [-0.25, -0.2) is 4.39 Å². The third kappa shape index (κ3) is 3.22. The van der Waals surface area contributed by atoms with Gasteiger partial charge in [0.15, 0.2) is 0 Å². The predicted octanol–water partition coefficient (Wildman–Crippen LogP) is 5.21. The molecule has 7 heteroatoms. The van der Waals surface area contributed by atoms with Crippen LogP contribution in [0.15, 0.2) is 48.5 Å². The van der Waals surface area contributed by atoms with E-state index in [1.807, 2.05) is 13.0 Å². The summed E-state index contributed by atoms with van der Waals surface area (Å²) in [6, 6.07) is 14.2. The van der Waals surface area contributed by atoms with Crippen molar-refractivity contribution in [1.82, 2.24) is 4.57 Å². The highest BCUT2D eigenvalue weighted by Crippen LogP contribution is 2.36. The Bertz CT molecular complexity index is 1270. The number of alkyl halides is 3. The number of nitrogens with two attached hydrogens (primary N) is 1. The van der Waals surface area contributed by atoms with Crippen LogP contribution in [-0.4, -0.2) is 10.5 Å². The van der Waals surface area contributed by atoms with Gasteiger partial charge in [0.1, 0.15) is 5.82 Å². The summed E-state index contributed by atoms with van der Waals surface area (Å²) in [5, 5.41) is 1.13. The van der Waals surface area contributed by atoms with E-state index >= 15 is 0 Å². The molecule has 29 heavy (non-hydrogen) atoms. The van der Waals surface area contributed by atoms with E-state index in [2.05, 4.69) is 6.07 Å². The Kier molecular flexibility index (Phi) is 4.33. The Morgan fingerprint density at radius 1 is 1.14 bits per heavy atom. The van der Waals surface area contributed by atoms with E-state index in [0.29, 0.717) is 27.9 Å². The number of nitrogens with zero attached hydrogens (tertiary/aromatic N) is 1. The van der Waals surface area contributed by atoms with E-state index in [1.54, 1.807) is 28.8 Å². The fraction of sp³-hybridized carbons (Fsp3) is 0.136. The molecule has 3 aromatic carbocycles. The number of primary amides is 1. The van der Waals surface area contributed by atoms with Crippen molar-refractivity contribution in [3.63, 3.8) is 0 Å². The second kappa shape index (κ2) is 6.62. The Balaban J connectivity index is 2.03. The molecule has 3 nitrogen and oxygen atoms in total. The molecule has 0 fully saturated rings. The number of benzene rings is 3. The summed E-state index contributed by atoms with van der Waals surface area (Å²) in [6.45, 7) is 1.68. The maximum atomic E-state index is 13.5. The highest BCUT2D eigenvalue weighted by atomic mass is 19.4. The largest absolute Gasteiger partial charge is 0.416 e. The Labute approximate surface area is 163 Å². The van der Waals surface area contributed by atoms with E-state index in [4.69, 9.17) is 5.73 Å². The third-order valence-electron chi connectivity index (χ3n) is 4.91. The van der Waals surface area contributed by atoms with Crippen molar-refractivity contribution in [2.45, 2.75) is 19.6 Å². The topological polar surface area (TPSA) is 48.0 Å². The zero-order chi connectivity index (χ0) is 20.9. The van der Waals surface area contributed by atoms with Gasteiger partial charge in [-0.2, -0.15) is 13.2 Å². The third-order valence-corrected chi connectivity index (χ3v) is 4.91. The molecule has 0 atom stereocenters. The number of rotatable bonds is 3. The molecule has 0 aliphatic heterocycles. The van der Waals surface area contributed by atoms with Crippen molar-refractivity contribution in [3.05, 3.63) is 82.7 Å². The Hall–Kier alpha value is -3.35. The molecule has 2 N–H and O–H groups in total. The molecule has 0 bridgehead atoms. The van der Waals surface area contributed by atoms with Crippen LogP contribution in [0.3, 0.4) is 0 Å². The van der Waals surface area contributed by atoms with Gasteiger partial charge in [-0.15, -0.1) is 0 Å². The summed E-state index contributed by atoms with van der Waals surface area (Å²) in [7, 11) is 0. The molecule has 1 radical (unpaired) electrons. The molecule has 0 saturated heterocycles. The Morgan fingerprint density at radius 2 is 1.90 bits per heavy atom. The number of hydrogen-bond acceptors (Lipinski definition) is 1. The van der Waals surface area contributed by atoms with E-state index in [0.717, 1.165) is 17.7 Å². The van der Waals surface area contributed by atoms with Crippen molar-refractivity contribution in [1.29, 1.82) is 0 Å². The lowest BCUT2D eigenvalue weighted by Gasteiger charge is -2.15. The van der Waals surface area contributed by atoms with Crippen LogP contribution in [0.4, 0.5) is 17.6 Å².